The van der Waals surface area contributed by atoms with Crippen molar-refractivity contribution in [3.05, 3.63) is 59.0 Å². The van der Waals surface area contributed by atoms with Gasteiger partial charge in [0.05, 0.1) is 5.52 Å². The van der Waals surface area contributed by atoms with Gasteiger partial charge < -0.3 is 19.8 Å². The zero-order valence-electron chi connectivity index (χ0n) is 16.6. The zero-order chi connectivity index (χ0) is 21.0. The molecule has 3 aromatic rings. The Bertz CT molecular complexity index is 1080. The van der Waals surface area contributed by atoms with Gasteiger partial charge in [-0.25, -0.2) is 4.39 Å². The molecule has 2 N–H and O–H groups in total. The van der Waals surface area contributed by atoms with E-state index >= 15 is 0 Å². The molecular weight excluding hydrogens is 381 g/mol. The van der Waals surface area contributed by atoms with Gasteiger partial charge in [-0.2, -0.15) is 0 Å². The largest absolute Gasteiger partial charge is 0.586 e. The van der Waals surface area contributed by atoms with Gasteiger partial charge in [0.1, 0.15) is 5.82 Å². The van der Waals surface area contributed by atoms with Crippen LogP contribution in [0.3, 0.4) is 0 Å². The minimum atomic E-state index is -3.67. The molecule has 0 unspecified atom stereocenters. The molecule has 0 amide bonds. The maximum Gasteiger partial charge on any atom is 0.586 e. The molecule has 154 valence electrons. The van der Waals surface area contributed by atoms with Crippen molar-refractivity contribution >= 4 is 10.9 Å². The second-order valence-corrected chi connectivity index (χ2v) is 8.35. The summed E-state index contributed by atoms with van der Waals surface area (Å²) in [6, 6.07) is 9.90. The minimum Gasteiger partial charge on any atom is -0.395 e. The fourth-order valence-corrected chi connectivity index (χ4v) is 3.78. The third-order valence-corrected chi connectivity index (χ3v) is 5.05. The molecule has 2 heterocycles. The van der Waals surface area contributed by atoms with Gasteiger partial charge in [-0.1, -0.05) is 26.8 Å². The van der Waals surface area contributed by atoms with Crippen LogP contribution in [0.15, 0.2) is 36.4 Å². The highest BCUT2D eigenvalue weighted by atomic mass is 19.3. The Kier molecular flexibility index (Phi) is 4.53. The molecule has 4 nitrogen and oxygen atoms in total. The standard InChI is InChI=1S/C22H23F3N2O2/c1-21(2,3)20-11-15-10-14(16(23)12-17(15)27(20)7-6-26)8-13-4-5-18-19(9-13)29-22(24,25)28-18/h4-5,9-12H,6-8,26H2,1-3H3. The first-order valence-electron chi connectivity index (χ1n) is 9.48. The van der Waals surface area contributed by atoms with Crippen LogP contribution in [0.25, 0.3) is 10.9 Å². The Balaban J connectivity index is 1.72. The lowest BCUT2D eigenvalue weighted by atomic mass is 9.92. The van der Waals surface area contributed by atoms with Crippen molar-refractivity contribution in [2.24, 2.45) is 5.73 Å². The van der Waals surface area contributed by atoms with Crippen LogP contribution in [0.1, 0.15) is 37.6 Å². The Morgan fingerprint density at radius 1 is 1.03 bits per heavy atom. The highest BCUT2D eigenvalue weighted by Gasteiger charge is 2.43. The SMILES string of the molecule is CC(C)(C)c1cc2cc(Cc3ccc4c(c3)OC(F)(F)O4)c(F)cc2n1CCN. The molecule has 4 rings (SSSR count). The van der Waals surface area contributed by atoms with Crippen molar-refractivity contribution in [3.63, 3.8) is 0 Å². The van der Waals surface area contributed by atoms with Crippen LogP contribution in [0, 0.1) is 5.82 Å². The Labute approximate surface area is 167 Å². The molecule has 7 heteroatoms. The molecule has 0 aliphatic carbocycles. The minimum absolute atomic E-state index is 0.0247. The molecular formula is C22H23F3N2O2. The topological polar surface area (TPSA) is 49.4 Å². The first-order chi connectivity index (χ1) is 13.6. The number of hydrogen-bond acceptors (Lipinski definition) is 3. The van der Waals surface area contributed by atoms with E-state index in [1.807, 2.05) is 6.07 Å². The van der Waals surface area contributed by atoms with E-state index in [0.29, 0.717) is 24.2 Å². The smallest absolute Gasteiger partial charge is 0.395 e. The lowest BCUT2D eigenvalue weighted by Gasteiger charge is -2.21. The number of fused-ring (bicyclic) bond motifs is 2. The average Bonchev–Trinajstić information content (AvgIpc) is 3.11. The van der Waals surface area contributed by atoms with Gasteiger partial charge in [0.2, 0.25) is 0 Å². The quantitative estimate of drug-likeness (QED) is 0.670. The van der Waals surface area contributed by atoms with Crippen LogP contribution in [0.4, 0.5) is 13.2 Å². The molecule has 0 bridgehead atoms. The number of nitrogens with two attached hydrogens (primary N) is 1. The van der Waals surface area contributed by atoms with E-state index in [9.17, 15) is 13.2 Å². The lowest BCUT2D eigenvalue weighted by Crippen LogP contribution is -2.25. The maximum atomic E-state index is 14.9. The number of benzene rings is 2. The van der Waals surface area contributed by atoms with Crippen molar-refractivity contribution in [1.29, 1.82) is 0 Å². The number of aromatic nitrogens is 1. The van der Waals surface area contributed by atoms with E-state index < -0.39 is 6.29 Å². The predicted molar refractivity (Wildman–Crippen MR) is 105 cm³/mol. The second kappa shape index (κ2) is 6.69. The van der Waals surface area contributed by atoms with E-state index in [4.69, 9.17) is 5.73 Å². The van der Waals surface area contributed by atoms with Gasteiger partial charge in [0.25, 0.3) is 0 Å². The number of hydrogen-bond donors (Lipinski definition) is 1. The zero-order valence-corrected chi connectivity index (χ0v) is 16.6. The number of nitrogens with zero attached hydrogens (tertiary/aromatic N) is 1. The van der Waals surface area contributed by atoms with Crippen LogP contribution in [-0.2, 0) is 18.4 Å². The summed E-state index contributed by atoms with van der Waals surface area (Å²) >= 11 is 0. The predicted octanol–water partition coefficient (Wildman–Crippen LogP) is 4.95. The van der Waals surface area contributed by atoms with Gasteiger partial charge >= 0.3 is 6.29 Å². The molecule has 0 fully saturated rings. The molecule has 1 aliphatic rings. The third kappa shape index (κ3) is 3.67. The summed E-state index contributed by atoms with van der Waals surface area (Å²) in [6.45, 7) is 7.37. The first kappa shape index (κ1) is 19.6. The number of alkyl halides is 2. The van der Waals surface area contributed by atoms with Crippen molar-refractivity contribution in [2.45, 2.75) is 45.4 Å². The Morgan fingerprint density at radius 3 is 2.45 bits per heavy atom. The summed E-state index contributed by atoms with van der Waals surface area (Å²) in [5.41, 5.74) is 8.66. The number of ether oxygens (including phenoxy) is 2. The normalized spacial score (nSPS) is 15.3. The molecule has 29 heavy (non-hydrogen) atoms. The Morgan fingerprint density at radius 2 is 1.76 bits per heavy atom. The maximum absolute atomic E-state index is 14.9. The molecule has 0 saturated carbocycles. The number of halogens is 3. The summed E-state index contributed by atoms with van der Waals surface area (Å²) in [4.78, 5) is 0. The van der Waals surface area contributed by atoms with E-state index in [1.54, 1.807) is 6.07 Å². The number of rotatable bonds is 4. The molecule has 0 atom stereocenters. The molecule has 2 aromatic carbocycles. The van der Waals surface area contributed by atoms with Crippen molar-refractivity contribution < 1.29 is 22.6 Å². The van der Waals surface area contributed by atoms with Crippen LogP contribution in [0.5, 0.6) is 11.5 Å². The van der Waals surface area contributed by atoms with Crippen molar-refractivity contribution in [1.82, 2.24) is 4.57 Å². The molecule has 1 aromatic heterocycles. The lowest BCUT2D eigenvalue weighted by molar-refractivity contribution is -0.286. The van der Waals surface area contributed by atoms with E-state index in [-0.39, 0.29) is 29.2 Å². The van der Waals surface area contributed by atoms with Crippen LogP contribution >= 0.6 is 0 Å². The summed E-state index contributed by atoms with van der Waals surface area (Å²) in [5.74, 6) is -0.418. The van der Waals surface area contributed by atoms with Gasteiger partial charge in [-0.05, 0) is 41.5 Å². The Hall–Kier alpha value is -2.67. The third-order valence-electron chi connectivity index (χ3n) is 5.05. The van der Waals surface area contributed by atoms with Crippen molar-refractivity contribution in [2.75, 3.05) is 6.54 Å². The first-order valence-corrected chi connectivity index (χ1v) is 9.48. The van der Waals surface area contributed by atoms with Gasteiger partial charge in [-0.15, -0.1) is 8.78 Å². The molecule has 0 spiro atoms. The molecule has 1 aliphatic heterocycles. The second-order valence-electron chi connectivity index (χ2n) is 8.35. The molecule has 0 saturated heterocycles. The van der Waals surface area contributed by atoms with Crippen LogP contribution < -0.4 is 15.2 Å². The highest BCUT2D eigenvalue weighted by Crippen LogP contribution is 2.41. The van der Waals surface area contributed by atoms with Crippen LogP contribution in [0.2, 0.25) is 0 Å². The summed E-state index contributed by atoms with van der Waals surface area (Å²) in [7, 11) is 0. The average molecular weight is 404 g/mol. The van der Waals surface area contributed by atoms with Crippen LogP contribution in [-0.4, -0.2) is 17.4 Å². The van der Waals surface area contributed by atoms with E-state index in [1.165, 1.54) is 18.2 Å². The van der Waals surface area contributed by atoms with E-state index in [0.717, 1.165) is 16.6 Å². The molecule has 0 radical (unpaired) electrons. The van der Waals surface area contributed by atoms with Gasteiger partial charge in [-0.3, -0.25) is 0 Å². The fourth-order valence-electron chi connectivity index (χ4n) is 3.78. The fraction of sp³-hybridized carbons (Fsp3) is 0.364. The summed E-state index contributed by atoms with van der Waals surface area (Å²) in [5, 5.41) is 0.923. The monoisotopic (exact) mass is 404 g/mol. The summed E-state index contributed by atoms with van der Waals surface area (Å²) < 4.78 is 52.3. The summed E-state index contributed by atoms with van der Waals surface area (Å²) in [6.07, 6.45) is -3.42. The van der Waals surface area contributed by atoms with E-state index in [2.05, 4.69) is 40.9 Å². The van der Waals surface area contributed by atoms with Gasteiger partial charge in [0.15, 0.2) is 11.5 Å². The highest BCUT2D eigenvalue weighted by molar-refractivity contribution is 5.83. The van der Waals surface area contributed by atoms with Crippen molar-refractivity contribution in [3.8, 4) is 11.5 Å². The van der Waals surface area contributed by atoms with Gasteiger partial charge in [0, 0.05) is 36.0 Å².